The van der Waals surface area contributed by atoms with Crippen LogP contribution in [0.5, 0.6) is 5.75 Å². The lowest BCUT2D eigenvalue weighted by molar-refractivity contribution is -0.384. The predicted octanol–water partition coefficient (Wildman–Crippen LogP) is 3.66. The van der Waals surface area contributed by atoms with E-state index < -0.39 is 22.6 Å². The Bertz CT molecular complexity index is 1270. The fourth-order valence-electron chi connectivity index (χ4n) is 3.28. The molecule has 3 aromatic rings. The van der Waals surface area contributed by atoms with Crippen molar-refractivity contribution in [3.63, 3.8) is 0 Å². The highest BCUT2D eigenvalue weighted by molar-refractivity contribution is 6.34. The Balaban J connectivity index is 1.57. The number of carbonyl (C=O) groups excluding carboxylic acids is 3. The van der Waals surface area contributed by atoms with Gasteiger partial charge in [-0.05, 0) is 55.0 Å². The van der Waals surface area contributed by atoms with Crippen LogP contribution in [0.1, 0.15) is 36.6 Å². The molecule has 3 amide bonds. The Morgan fingerprint density at radius 2 is 1.65 bits per heavy atom. The number of hydrogen-bond donors (Lipinski definition) is 2. The van der Waals surface area contributed by atoms with E-state index in [9.17, 15) is 29.6 Å². The first-order valence-corrected chi connectivity index (χ1v) is 9.14. The first kappa shape index (κ1) is 19.8. The lowest BCUT2D eigenvalue weighted by atomic mass is 10.1. The van der Waals surface area contributed by atoms with Crippen molar-refractivity contribution in [2.45, 2.75) is 6.92 Å². The quantitative estimate of drug-likeness (QED) is 0.288. The van der Waals surface area contributed by atoms with Gasteiger partial charge in [0.1, 0.15) is 5.75 Å². The number of fused-ring (bicyclic) bond motifs is 1. The lowest BCUT2D eigenvalue weighted by Crippen LogP contribution is -2.29. The average Bonchev–Trinajstić information content (AvgIpc) is 3.00. The Labute approximate surface area is 175 Å². The van der Waals surface area contributed by atoms with E-state index in [-0.39, 0.29) is 39.5 Å². The summed E-state index contributed by atoms with van der Waals surface area (Å²) in [5, 5.41) is 23.4. The number of anilines is 2. The maximum absolute atomic E-state index is 12.7. The SMILES string of the molecule is Cc1ccc(O)c(NC(=O)c2ccc(N3C(=O)c4ccc([N+](=O)[O-])cc4C3=O)cc2)c1. The standard InChI is InChI=1S/C22H15N3O6/c1-12-2-9-19(26)18(10-12)23-20(27)13-3-5-14(6-4-13)24-21(28)16-8-7-15(25(30)31)11-17(16)22(24)29/h2-11,26H,1H3,(H,23,27). The van der Waals surface area contributed by atoms with Gasteiger partial charge in [0.15, 0.2) is 0 Å². The molecule has 2 N–H and O–H groups in total. The van der Waals surface area contributed by atoms with Crippen molar-refractivity contribution in [2.24, 2.45) is 0 Å². The number of nitrogens with zero attached hydrogens (tertiary/aromatic N) is 2. The van der Waals surface area contributed by atoms with Crippen LogP contribution >= 0.6 is 0 Å². The molecule has 0 aliphatic carbocycles. The molecule has 0 saturated heterocycles. The van der Waals surface area contributed by atoms with Crippen LogP contribution in [0.4, 0.5) is 17.1 Å². The van der Waals surface area contributed by atoms with E-state index in [1.165, 1.54) is 42.5 Å². The van der Waals surface area contributed by atoms with Crippen LogP contribution in [0, 0.1) is 17.0 Å². The number of rotatable bonds is 4. The van der Waals surface area contributed by atoms with Gasteiger partial charge >= 0.3 is 0 Å². The molecule has 0 aromatic heterocycles. The molecule has 0 radical (unpaired) electrons. The van der Waals surface area contributed by atoms with Crippen LogP contribution in [0.3, 0.4) is 0 Å². The number of nitro groups is 1. The summed E-state index contributed by atoms with van der Waals surface area (Å²) in [6.45, 7) is 1.82. The van der Waals surface area contributed by atoms with Gasteiger partial charge in [-0.1, -0.05) is 6.07 Å². The summed E-state index contributed by atoms with van der Waals surface area (Å²) in [6, 6.07) is 14.0. The first-order valence-electron chi connectivity index (χ1n) is 9.14. The summed E-state index contributed by atoms with van der Waals surface area (Å²) < 4.78 is 0. The Morgan fingerprint density at radius 3 is 2.32 bits per heavy atom. The van der Waals surface area contributed by atoms with Gasteiger partial charge in [-0.3, -0.25) is 24.5 Å². The van der Waals surface area contributed by atoms with Crippen LogP contribution in [-0.4, -0.2) is 27.8 Å². The number of hydrogen-bond acceptors (Lipinski definition) is 6. The molecule has 9 nitrogen and oxygen atoms in total. The fourth-order valence-corrected chi connectivity index (χ4v) is 3.28. The Hall–Kier alpha value is -4.53. The number of imide groups is 1. The van der Waals surface area contributed by atoms with Crippen molar-refractivity contribution >= 4 is 34.8 Å². The van der Waals surface area contributed by atoms with E-state index in [1.807, 2.05) is 6.92 Å². The van der Waals surface area contributed by atoms with Crippen molar-refractivity contribution in [1.82, 2.24) is 0 Å². The zero-order chi connectivity index (χ0) is 22.3. The van der Waals surface area contributed by atoms with E-state index in [0.717, 1.165) is 16.5 Å². The number of phenolic OH excluding ortho intramolecular Hbond substituents is 1. The van der Waals surface area contributed by atoms with E-state index in [1.54, 1.807) is 12.1 Å². The number of carbonyl (C=O) groups is 3. The number of aryl methyl sites for hydroxylation is 1. The zero-order valence-electron chi connectivity index (χ0n) is 16.2. The number of aromatic hydroxyl groups is 1. The Morgan fingerprint density at radius 1 is 0.968 bits per heavy atom. The third-order valence-electron chi connectivity index (χ3n) is 4.87. The van der Waals surface area contributed by atoms with E-state index in [4.69, 9.17) is 0 Å². The maximum Gasteiger partial charge on any atom is 0.270 e. The molecule has 4 rings (SSSR count). The molecular weight excluding hydrogens is 402 g/mol. The van der Waals surface area contributed by atoms with Crippen LogP contribution in [0.2, 0.25) is 0 Å². The minimum Gasteiger partial charge on any atom is -0.506 e. The molecule has 0 saturated carbocycles. The molecule has 31 heavy (non-hydrogen) atoms. The average molecular weight is 417 g/mol. The number of amides is 3. The second-order valence-corrected chi connectivity index (χ2v) is 6.95. The maximum atomic E-state index is 12.7. The summed E-state index contributed by atoms with van der Waals surface area (Å²) in [4.78, 5) is 49.0. The summed E-state index contributed by atoms with van der Waals surface area (Å²) in [5.41, 5.74) is 1.34. The minimum absolute atomic E-state index is 0.0454. The number of phenols is 1. The topological polar surface area (TPSA) is 130 Å². The van der Waals surface area contributed by atoms with Gasteiger partial charge in [0.05, 0.1) is 27.4 Å². The second-order valence-electron chi connectivity index (χ2n) is 6.95. The first-order chi connectivity index (χ1) is 14.8. The summed E-state index contributed by atoms with van der Waals surface area (Å²) >= 11 is 0. The van der Waals surface area contributed by atoms with Gasteiger partial charge in [-0.15, -0.1) is 0 Å². The van der Waals surface area contributed by atoms with Crippen LogP contribution < -0.4 is 10.2 Å². The fraction of sp³-hybridized carbons (Fsp3) is 0.0455. The molecule has 1 aliphatic rings. The van der Waals surface area contributed by atoms with Crippen molar-refractivity contribution in [2.75, 3.05) is 10.2 Å². The molecule has 0 atom stereocenters. The normalized spacial score (nSPS) is 12.6. The smallest absolute Gasteiger partial charge is 0.270 e. The molecule has 0 bridgehead atoms. The van der Waals surface area contributed by atoms with Crippen molar-refractivity contribution in [3.8, 4) is 5.75 Å². The highest BCUT2D eigenvalue weighted by Crippen LogP contribution is 2.31. The monoisotopic (exact) mass is 417 g/mol. The highest BCUT2D eigenvalue weighted by Gasteiger charge is 2.37. The van der Waals surface area contributed by atoms with Gasteiger partial charge in [0.25, 0.3) is 23.4 Å². The summed E-state index contributed by atoms with van der Waals surface area (Å²) in [7, 11) is 0. The lowest BCUT2D eigenvalue weighted by Gasteiger charge is -2.14. The molecule has 3 aromatic carbocycles. The summed E-state index contributed by atoms with van der Waals surface area (Å²) in [5.74, 6) is -1.83. The predicted molar refractivity (Wildman–Crippen MR) is 111 cm³/mol. The van der Waals surface area contributed by atoms with Crippen molar-refractivity contribution < 1.29 is 24.4 Å². The van der Waals surface area contributed by atoms with Gasteiger partial charge < -0.3 is 10.4 Å². The molecule has 0 spiro atoms. The van der Waals surface area contributed by atoms with E-state index in [0.29, 0.717) is 0 Å². The molecule has 9 heteroatoms. The number of nitrogens with one attached hydrogen (secondary N) is 1. The van der Waals surface area contributed by atoms with E-state index in [2.05, 4.69) is 5.32 Å². The van der Waals surface area contributed by atoms with Gasteiger partial charge in [0, 0.05) is 17.7 Å². The van der Waals surface area contributed by atoms with Crippen molar-refractivity contribution in [3.05, 3.63) is 93.0 Å². The zero-order valence-corrected chi connectivity index (χ0v) is 16.2. The number of benzene rings is 3. The second kappa shape index (κ2) is 7.38. The van der Waals surface area contributed by atoms with E-state index >= 15 is 0 Å². The van der Waals surface area contributed by atoms with Gasteiger partial charge in [-0.2, -0.15) is 0 Å². The van der Waals surface area contributed by atoms with Gasteiger partial charge in [0.2, 0.25) is 0 Å². The minimum atomic E-state index is -0.675. The summed E-state index contributed by atoms with van der Waals surface area (Å²) in [6.07, 6.45) is 0. The van der Waals surface area contributed by atoms with Crippen LogP contribution in [-0.2, 0) is 0 Å². The molecule has 1 aliphatic heterocycles. The molecule has 0 fully saturated rings. The molecule has 1 heterocycles. The third-order valence-corrected chi connectivity index (χ3v) is 4.87. The van der Waals surface area contributed by atoms with Crippen molar-refractivity contribution in [1.29, 1.82) is 0 Å². The number of nitro benzene ring substituents is 1. The molecule has 154 valence electrons. The highest BCUT2D eigenvalue weighted by atomic mass is 16.6. The number of non-ortho nitro benzene ring substituents is 1. The van der Waals surface area contributed by atoms with Crippen LogP contribution in [0.15, 0.2) is 60.7 Å². The largest absolute Gasteiger partial charge is 0.506 e. The molecular formula is C22H15N3O6. The van der Waals surface area contributed by atoms with Crippen LogP contribution in [0.25, 0.3) is 0 Å². The Kier molecular flexibility index (Phi) is 4.70. The third kappa shape index (κ3) is 3.48. The molecule has 0 unspecified atom stereocenters. The van der Waals surface area contributed by atoms with Gasteiger partial charge in [-0.25, -0.2) is 4.90 Å².